The number of rotatable bonds is 6. The maximum atomic E-state index is 12.3. The zero-order valence-electron chi connectivity index (χ0n) is 18.8. The van der Waals surface area contributed by atoms with Crippen LogP contribution in [0, 0.1) is 13.8 Å². The molecule has 0 bridgehead atoms. The number of hydrogen-bond donors (Lipinski definition) is 1. The van der Waals surface area contributed by atoms with Crippen molar-refractivity contribution in [2.45, 2.75) is 39.5 Å². The molecule has 1 amide bonds. The molecule has 4 rings (SSSR count). The van der Waals surface area contributed by atoms with Crippen LogP contribution in [0.25, 0.3) is 11.3 Å². The van der Waals surface area contributed by atoms with Gasteiger partial charge in [0.1, 0.15) is 5.75 Å². The summed E-state index contributed by atoms with van der Waals surface area (Å²) in [4.78, 5) is 14.6. The van der Waals surface area contributed by atoms with Gasteiger partial charge in [0.05, 0.1) is 5.69 Å². The highest BCUT2D eigenvalue weighted by Crippen LogP contribution is 2.24. The number of nitrogens with one attached hydrogen (secondary N) is 1. The minimum absolute atomic E-state index is 0.0309. The molecule has 166 valence electrons. The second-order valence-corrected chi connectivity index (χ2v) is 8.31. The lowest BCUT2D eigenvalue weighted by Gasteiger charge is -2.20. The smallest absolute Gasteiger partial charge is 0.262 e. The molecular weight excluding hydrogens is 400 g/mol. The third-order valence-corrected chi connectivity index (χ3v) is 5.80. The molecule has 1 aliphatic rings. The Bertz CT molecular complexity index is 1020. The lowest BCUT2D eigenvalue weighted by Crippen LogP contribution is -2.25. The van der Waals surface area contributed by atoms with E-state index in [2.05, 4.69) is 20.4 Å². The first-order valence-corrected chi connectivity index (χ1v) is 11.3. The first-order chi connectivity index (χ1) is 15.6. The first-order valence-electron chi connectivity index (χ1n) is 11.3. The van der Waals surface area contributed by atoms with Crippen LogP contribution < -0.4 is 15.0 Å². The molecule has 3 aromatic rings. The van der Waals surface area contributed by atoms with Crippen molar-refractivity contribution < 1.29 is 9.53 Å². The molecule has 1 aliphatic heterocycles. The van der Waals surface area contributed by atoms with Gasteiger partial charge in [0.2, 0.25) is 0 Å². The first kappa shape index (κ1) is 21.8. The predicted octanol–water partition coefficient (Wildman–Crippen LogP) is 5.16. The van der Waals surface area contributed by atoms with Crippen LogP contribution in [0.15, 0.2) is 54.6 Å². The number of anilines is 2. The van der Waals surface area contributed by atoms with Gasteiger partial charge in [0.15, 0.2) is 12.4 Å². The van der Waals surface area contributed by atoms with Crippen molar-refractivity contribution in [2.75, 3.05) is 29.9 Å². The number of aryl methyl sites for hydroxylation is 2. The maximum absolute atomic E-state index is 12.3. The summed E-state index contributed by atoms with van der Waals surface area (Å²) in [5.41, 5.74) is 4.54. The highest BCUT2D eigenvalue weighted by Gasteiger charge is 2.12. The van der Waals surface area contributed by atoms with Crippen molar-refractivity contribution in [1.29, 1.82) is 0 Å². The summed E-state index contributed by atoms with van der Waals surface area (Å²) in [5, 5.41) is 11.8. The van der Waals surface area contributed by atoms with Gasteiger partial charge in [0, 0.05) is 24.3 Å². The molecule has 1 aromatic heterocycles. The van der Waals surface area contributed by atoms with Crippen LogP contribution in [0.2, 0.25) is 0 Å². The Morgan fingerprint density at radius 2 is 1.59 bits per heavy atom. The average Bonchev–Trinajstić information content (AvgIpc) is 3.09. The number of benzene rings is 2. The summed E-state index contributed by atoms with van der Waals surface area (Å²) in [6, 6.07) is 17.6. The molecule has 0 aliphatic carbocycles. The van der Waals surface area contributed by atoms with Crippen molar-refractivity contribution in [2.24, 2.45) is 0 Å². The normalized spacial score (nSPS) is 14.0. The second-order valence-electron chi connectivity index (χ2n) is 8.31. The van der Waals surface area contributed by atoms with E-state index in [1.165, 1.54) is 25.7 Å². The fourth-order valence-corrected chi connectivity index (χ4v) is 4.03. The van der Waals surface area contributed by atoms with E-state index in [9.17, 15) is 4.79 Å². The fourth-order valence-electron chi connectivity index (χ4n) is 4.03. The highest BCUT2D eigenvalue weighted by atomic mass is 16.5. The Hall–Kier alpha value is -3.41. The van der Waals surface area contributed by atoms with Gasteiger partial charge in [-0.05, 0) is 62.1 Å². The molecule has 0 unspecified atom stereocenters. The second kappa shape index (κ2) is 10.3. The zero-order chi connectivity index (χ0) is 22.3. The number of carbonyl (C=O) groups is 1. The minimum Gasteiger partial charge on any atom is -0.483 e. The molecule has 2 heterocycles. The summed E-state index contributed by atoms with van der Waals surface area (Å²) in [6.45, 7) is 6.02. The van der Waals surface area contributed by atoms with Crippen molar-refractivity contribution >= 4 is 17.4 Å². The van der Waals surface area contributed by atoms with Crippen LogP contribution in [0.5, 0.6) is 5.75 Å². The molecule has 1 N–H and O–H groups in total. The lowest BCUT2D eigenvalue weighted by molar-refractivity contribution is -0.118. The standard InChI is InChI=1S/C26H30N4O2/c1-19-8-7-9-20(2)26(19)32-18-25(31)27-22-12-10-21(11-13-22)23-14-15-24(29-28-23)30-16-5-3-4-6-17-30/h7-15H,3-6,16-18H2,1-2H3,(H,27,31). The Labute approximate surface area is 189 Å². The average molecular weight is 431 g/mol. The molecule has 0 atom stereocenters. The Balaban J connectivity index is 1.34. The molecule has 0 saturated carbocycles. The third kappa shape index (κ3) is 5.44. The van der Waals surface area contributed by atoms with E-state index in [1.54, 1.807) is 0 Å². The number of aromatic nitrogens is 2. The van der Waals surface area contributed by atoms with Crippen molar-refractivity contribution in [3.63, 3.8) is 0 Å². The number of ether oxygens (including phenoxy) is 1. The molecule has 0 spiro atoms. The molecule has 6 heteroatoms. The Kier molecular flexibility index (Phi) is 7.00. The topological polar surface area (TPSA) is 67.3 Å². The summed E-state index contributed by atoms with van der Waals surface area (Å²) in [5.74, 6) is 1.52. The van der Waals surface area contributed by atoms with Crippen LogP contribution in [-0.2, 0) is 4.79 Å². The van der Waals surface area contributed by atoms with Gasteiger partial charge in [-0.15, -0.1) is 10.2 Å². The number of carbonyl (C=O) groups excluding carboxylic acids is 1. The van der Waals surface area contributed by atoms with E-state index in [0.717, 1.165) is 52.7 Å². The third-order valence-electron chi connectivity index (χ3n) is 5.80. The highest BCUT2D eigenvalue weighted by molar-refractivity contribution is 5.92. The van der Waals surface area contributed by atoms with Crippen LogP contribution in [-0.4, -0.2) is 35.8 Å². The van der Waals surface area contributed by atoms with Crippen LogP contribution in [0.1, 0.15) is 36.8 Å². The van der Waals surface area contributed by atoms with Gasteiger partial charge >= 0.3 is 0 Å². The van der Waals surface area contributed by atoms with Gasteiger partial charge in [-0.1, -0.05) is 43.2 Å². The van der Waals surface area contributed by atoms with Gasteiger partial charge in [-0.3, -0.25) is 4.79 Å². The zero-order valence-corrected chi connectivity index (χ0v) is 18.8. The van der Waals surface area contributed by atoms with E-state index >= 15 is 0 Å². The number of amides is 1. The molecule has 2 aromatic carbocycles. The summed E-state index contributed by atoms with van der Waals surface area (Å²) >= 11 is 0. The monoisotopic (exact) mass is 430 g/mol. The molecule has 1 saturated heterocycles. The summed E-state index contributed by atoms with van der Waals surface area (Å²) in [6.07, 6.45) is 5.02. The van der Waals surface area contributed by atoms with Crippen LogP contribution >= 0.6 is 0 Å². The lowest BCUT2D eigenvalue weighted by atomic mass is 10.1. The number of para-hydroxylation sites is 1. The van der Waals surface area contributed by atoms with Crippen molar-refractivity contribution in [1.82, 2.24) is 10.2 Å². The van der Waals surface area contributed by atoms with E-state index < -0.39 is 0 Å². The minimum atomic E-state index is -0.193. The quantitative estimate of drug-likeness (QED) is 0.585. The molecule has 6 nitrogen and oxygen atoms in total. The van der Waals surface area contributed by atoms with Crippen LogP contribution in [0.4, 0.5) is 11.5 Å². The van der Waals surface area contributed by atoms with Gasteiger partial charge in [-0.2, -0.15) is 0 Å². The van der Waals surface area contributed by atoms with Gasteiger partial charge in [-0.25, -0.2) is 0 Å². The predicted molar refractivity (Wildman–Crippen MR) is 128 cm³/mol. The number of nitrogens with zero attached hydrogens (tertiary/aromatic N) is 3. The van der Waals surface area contributed by atoms with E-state index in [1.807, 2.05) is 68.4 Å². The SMILES string of the molecule is Cc1cccc(C)c1OCC(=O)Nc1ccc(-c2ccc(N3CCCCCC3)nn2)cc1. The largest absolute Gasteiger partial charge is 0.483 e. The molecule has 32 heavy (non-hydrogen) atoms. The van der Waals surface area contributed by atoms with Gasteiger partial charge < -0.3 is 15.0 Å². The Morgan fingerprint density at radius 1 is 0.906 bits per heavy atom. The van der Waals surface area contributed by atoms with Crippen LogP contribution in [0.3, 0.4) is 0 Å². The number of hydrogen-bond acceptors (Lipinski definition) is 5. The van der Waals surface area contributed by atoms with E-state index in [4.69, 9.17) is 4.74 Å². The maximum Gasteiger partial charge on any atom is 0.262 e. The molecular formula is C26H30N4O2. The summed E-state index contributed by atoms with van der Waals surface area (Å²) < 4.78 is 5.73. The molecule has 1 fully saturated rings. The summed E-state index contributed by atoms with van der Waals surface area (Å²) in [7, 11) is 0. The van der Waals surface area contributed by atoms with Crippen molar-refractivity contribution in [3.05, 3.63) is 65.7 Å². The fraction of sp³-hybridized carbons (Fsp3) is 0.346. The molecule has 0 radical (unpaired) electrons. The van der Waals surface area contributed by atoms with Crippen molar-refractivity contribution in [3.8, 4) is 17.0 Å². The Morgan fingerprint density at radius 3 is 2.22 bits per heavy atom. The van der Waals surface area contributed by atoms with E-state index in [-0.39, 0.29) is 12.5 Å². The van der Waals surface area contributed by atoms with Gasteiger partial charge in [0.25, 0.3) is 5.91 Å². The van der Waals surface area contributed by atoms with E-state index in [0.29, 0.717) is 0 Å².